The zero-order chi connectivity index (χ0) is 12.1. The molecule has 0 saturated heterocycles. The van der Waals surface area contributed by atoms with E-state index in [0.717, 1.165) is 11.1 Å². The van der Waals surface area contributed by atoms with Gasteiger partial charge in [-0.05, 0) is 48.2 Å². The van der Waals surface area contributed by atoms with Gasteiger partial charge in [0.15, 0.2) is 0 Å². The van der Waals surface area contributed by atoms with Crippen LogP contribution in [0, 0.1) is 5.82 Å². The summed E-state index contributed by atoms with van der Waals surface area (Å²) in [7, 11) is 0. The summed E-state index contributed by atoms with van der Waals surface area (Å²) in [6.07, 6.45) is 3.91. The van der Waals surface area contributed by atoms with E-state index in [1.165, 1.54) is 12.1 Å². The molecule has 17 heavy (non-hydrogen) atoms. The molecular weight excluding hydrogens is 217 g/mol. The lowest BCUT2D eigenvalue weighted by Gasteiger charge is -2.10. The zero-order valence-corrected chi connectivity index (χ0v) is 9.38. The van der Waals surface area contributed by atoms with Gasteiger partial charge in [-0.2, -0.15) is 0 Å². The predicted octanol–water partition coefficient (Wildman–Crippen LogP) is 2.37. The van der Waals surface area contributed by atoms with Crippen molar-refractivity contribution >= 4 is 0 Å². The highest BCUT2D eigenvalue weighted by Crippen LogP contribution is 2.10. The maximum Gasteiger partial charge on any atom is 0.123 e. The second-order valence-corrected chi connectivity index (χ2v) is 4.05. The van der Waals surface area contributed by atoms with Gasteiger partial charge < -0.3 is 5.11 Å². The van der Waals surface area contributed by atoms with Crippen molar-refractivity contribution < 1.29 is 9.50 Å². The lowest BCUT2D eigenvalue weighted by Crippen LogP contribution is -2.14. The van der Waals surface area contributed by atoms with Crippen LogP contribution >= 0.6 is 0 Å². The summed E-state index contributed by atoms with van der Waals surface area (Å²) in [5, 5.41) is 9.90. The van der Waals surface area contributed by atoms with Gasteiger partial charge in [0, 0.05) is 12.4 Å². The average molecular weight is 231 g/mol. The number of aromatic nitrogens is 1. The molecule has 0 bridgehead atoms. The summed E-state index contributed by atoms with van der Waals surface area (Å²) >= 11 is 0. The largest absolute Gasteiger partial charge is 0.392 e. The molecule has 0 aliphatic carbocycles. The molecule has 0 saturated carbocycles. The number of benzene rings is 1. The van der Waals surface area contributed by atoms with Crippen LogP contribution in [0.1, 0.15) is 11.1 Å². The maximum atomic E-state index is 13.0. The van der Waals surface area contributed by atoms with E-state index >= 15 is 0 Å². The fourth-order valence-corrected chi connectivity index (χ4v) is 1.80. The third-order valence-electron chi connectivity index (χ3n) is 2.58. The molecule has 1 heterocycles. The molecule has 0 aliphatic rings. The van der Waals surface area contributed by atoms with Crippen molar-refractivity contribution in [2.24, 2.45) is 0 Å². The van der Waals surface area contributed by atoms with E-state index in [1.807, 2.05) is 18.2 Å². The van der Waals surface area contributed by atoms with E-state index in [-0.39, 0.29) is 5.82 Å². The fourth-order valence-electron chi connectivity index (χ4n) is 1.80. The highest BCUT2D eigenvalue weighted by Gasteiger charge is 2.07. The van der Waals surface area contributed by atoms with Gasteiger partial charge in [0.1, 0.15) is 5.82 Å². The minimum atomic E-state index is -0.501. The van der Waals surface area contributed by atoms with Crippen molar-refractivity contribution in [3.05, 3.63) is 65.7 Å². The van der Waals surface area contributed by atoms with Crippen LogP contribution in [0.5, 0.6) is 0 Å². The highest BCUT2D eigenvalue weighted by molar-refractivity contribution is 5.18. The van der Waals surface area contributed by atoms with Crippen molar-refractivity contribution in [2.75, 3.05) is 0 Å². The Morgan fingerprint density at radius 3 is 2.47 bits per heavy atom. The van der Waals surface area contributed by atoms with Gasteiger partial charge in [-0.1, -0.05) is 12.1 Å². The maximum absolute atomic E-state index is 13.0. The number of aliphatic hydroxyl groups excluding tert-OH is 1. The monoisotopic (exact) mass is 231 g/mol. The summed E-state index contributed by atoms with van der Waals surface area (Å²) in [5.74, 6) is -0.265. The third-order valence-corrected chi connectivity index (χ3v) is 2.58. The first kappa shape index (κ1) is 11.7. The average Bonchev–Trinajstić information content (AvgIpc) is 2.30. The molecule has 1 aromatic heterocycles. The van der Waals surface area contributed by atoms with Gasteiger partial charge in [-0.3, -0.25) is 4.98 Å². The third kappa shape index (κ3) is 3.64. The van der Waals surface area contributed by atoms with E-state index in [4.69, 9.17) is 0 Å². The lowest BCUT2D eigenvalue weighted by atomic mass is 10.0. The first-order valence-corrected chi connectivity index (χ1v) is 5.55. The van der Waals surface area contributed by atoms with E-state index < -0.39 is 6.10 Å². The highest BCUT2D eigenvalue weighted by atomic mass is 19.1. The molecule has 0 fully saturated rings. The fraction of sp³-hybridized carbons (Fsp3) is 0.214. The van der Waals surface area contributed by atoms with Crippen molar-refractivity contribution in [2.45, 2.75) is 18.9 Å². The summed E-state index contributed by atoms with van der Waals surface area (Å²) in [5.41, 5.74) is 1.84. The Kier molecular flexibility index (Phi) is 3.83. The number of hydrogen-bond donors (Lipinski definition) is 1. The van der Waals surface area contributed by atoms with Crippen LogP contribution in [-0.2, 0) is 12.8 Å². The Bertz CT molecular complexity index is 473. The molecule has 2 nitrogen and oxygen atoms in total. The minimum Gasteiger partial charge on any atom is -0.392 e. The van der Waals surface area contributed by atoms with Gasteiger partial charge in [0.25, 0.3) is 0 Å². The van der Waals surface area contributed by atoms with Gasteiger partial charge in [0.2, 0.25) is 0 Å². The second kappa shape index (κ2) is 5.55. The van der Waals surface area contributed by atoms with Crippen molar-refractivity contribution in [3.8, 4) is 0 Å². The van der Waals surface area contributed by atoms with Gasteiger partial charge in [0.05, 0.1) is 6.10 Å². The van der Waals surface area contributed by atoms with Crippen LogP contribution in [0.2, 0.25) is 0 Å². The number of nitrogens with zero attached hydrogens (tertiary/aromatic N) is 1. The molecule has 1 unspecified atom stereocenters. The molecule has 88 valence electrons. The van der Waals surface area contributed by atoms with Crippen molar-refractivity contribution in [1.82, 2.24) is 4.98 Å². The number of pyridine rings is 1. The predicted molar refractivity (Wildman–Crippen MR) is 64.1 cm³/mol. The SMILES string of the molecule is OC(Cc1ccncc1)Cc1cccc(F)c1. The van der Waals surface area contributed by atoms with Crippen LogP contribution < -0.4 is 0 Å². The second-order valence-electron chi connectivity index (χ2n) is 4.05. The Morgan fingerprint density at radius 2 is 1.76 bits per heavy atom. The smallest absolute Gasteiger partial charge is 0.123 e. The van der Waals surface area contributed by atoms with Crippen LogP contribution in [-0.4, -0.2) is 16.2 Å². The Labute approximate surface area is 99.8 Å². The molecule has 1 N–H and O–H groups in total. The lowest BCUT2D eigenvalue weighted by molar-refractivity contribution is 0.175. The van der Waals surface area contributed by atoms with Gasteiger partial charge in [-0.25, -0.2) is 4.39 Å². The summed E-state index contributed by atoms with van der Waals surface area (Å²) < 4.78 is 13.0. The normalized spacial score (nSPS) is 12.4. The van der Waals surface area contributed by atoms with Crippen LogP contribution in [0.15, 0.2) is 48.8 Å². The quantitative estimate of drug-likeness (QED) is 0.876. The number of rotatable bonds is 4. The van der Waals surface area contributed by atoms with E-state index in [1.54, 1.807) is 18.5 Å². The van der Waals surface area contributed by atoms with E-state index in [2.05, 4.69) is 4.98 Å². The Balaban J connectivity index is 1.96. The summed E-state index contributed by atoms with van der Waals surface area (Å²) in [6, 6.07) is 10.1. The molecule has 0 spiro atoms. The molecule has 0 amide bonds. The molecule has 0 aliphatic heterocycles. The first-order valence-electron chi connectivity index (χ1n) is 5.55. The first-order chi connectivity index (χ1) is 8.24. The van der Waals surface area contributed by atoms with E-state index in [0.29, 0.717) is 12.8 Å². The molecule has 1 aromatic carbocycles. The molecule has 2 rings (SSSR count). The van der Waals surface area contributed by atoms with Crippen LogP contribution in [0.25, 0.3) is 0 Å². The minimum absolute atomic E-state index is 0.265. The summed E-state index contributed by atoms with van der Waals surface area (Å²) in [6.45, 7) is 0. The van der Waals surface area contributed by atoms with Crippen molar-refractivity contribution in [3.63, 3.8) is 0 Å². The van der Waals surface area contributed by atoms with Crippen LogP contribution in [0.4, 0.5) is 4.39 Å². The molecule has 1 atom stereocenters. The Morgan fingerprint density at radius 1 is 1.06 bits per heavy atom. The number of halogens is 1. The van der Waals surface area contributed by atoms with Crippen LogP contribution in [0.3, 0.4) is 0 Å². The van der Waals surface area contributed by atoms with Gasteiger partial charge >= 0.3 is 0 Å². The molecule has 0 radical (unpaired) electrons. The molecule has 2 aromatic rings. The Hall–Kier alpha value is -1.74. The number of hydrogen-bond acceptors (Lipinski definition) is 2. The standard InChI is InChI=1S/C14H14FNO/c15-13-3-1-2-12(8-13)10-14(17)9-11-4-6-16-7-5-11/h1-8,14,17H,9-10H2. The van der Waals surface area contributed by atoms with E-state index in [9.17, 15) is 9.50 Å². The zero-order valence-electron chi connectivity index (χ0n) is 9.38. The van der Waals surface area contributed by atoms with Crippen molar-refractivity contribution in [1.29, 1.82) is 0 Å². The molecular formula is C14H14FNO. The summed E-state index contributed by atoms with van der Waals surface area (Å²) in [4.78, 5) is 3.92. The topological polar surface area (TPSA) is 33.1 Å². The molecule has 3 heteroatoms. The van der Waals surface area contributed by atoms with Gasteiger partial charge in [-0.15, -0.1) is 0 Å². The number of aliphatic hydroxyl groups is 1.